The van der Waals surface area contributed by atoms with Crippen LogP contribution in [0.1, 0.15) is 49.1 Å². The average Bonchev–Trinajstić information content (AvgIpc) is 3.08. The number of anilines is 2. The molecule has 0 fully saturated rings. The van der Waals surface area contributed by atoms with Gasteiger partial charge in [0.15, 0.2) is 0 Å². The van der Waals surface area contributed by atoms with Crippen LogP contribution in [0.3, 0.4) is 0 Å². The van der Waals surface area contributed by atoms with E-state index >= 15 is 0 Å². The third kappa shape index (κ3) is 4.46. The topological polar surface area (TPSA) is 41.1 Å². The lowest BCUT2D eigenvalue weighted by atomic mass is 9.95. The van der Waals surface area contributed by atoms with E-state index in [9.17, 15) is 4.79 Å². The number of nitrogens with one attached hydrogen (secondary N) is 2. The number of carbonyl (C=O) groups excluding carboxylic acids is 1. The molecule has 0 unspecified atom stereocenters. The molecule has 1 aromatic heterocycles. The summed E-state index contributed by atoms with van der Waals surface area (Å²) in [4.78, 5) is 14.2. The van der Waals surface area contributed by atoms with Gasteiger partial charge in [-0.3, -0.25) is 4.79 Å². The Labute approximate surface area is 194 Å². The summed E-state index contributed by atoms with van der Waals surface area (Å²) in [5.41, 5.74) is 7.70. The van der Waals surface area contributed by atoms with E-state index in [0.29, 0.717) is 5.56 Å². The Balaban J connectivity index is 1.79. The van der Waals surface area contributed by atoms with E-state index in [2.05, 4.69) is 80.8 Å². The minimum atomic E-state index is -0.0911. The van der Waals surface area contributed by atoms with Gasteiger partial charge < -0.3 is 10.6 Å². The zero-order valence-corrected chi connectivity index (χ0v) is 19.7. The lowest BCUT2D eigenvalue weighted by molar-refractivity contribution is 0.102. The van der Waals surface area contributed by atoms with Crippen molar-refractivity contribution in [2.45, 2.75) is 33.7 Å². The van der Waals surface area contributed by atoms with Crippen LogP contribution in [-0.2, 0) is 0 Å². The van der Waals surface area contributed by atoms with E-state index in [0.717, 1.165) is 21.8 Å². The predicted molar refractivity (Wildman–Crippen MR) is 136 cm³/mol. The van der Waals surface area contributed by atoms with E-state index < -0.39 is 0 Å². The summed E-state index contributed by atoms with van der Waals surface area (Å²) in [6.07, 6.45) is 0. The van der Waals surface area contributed by atoms with Crippen LogP contribution in [0.25, 0.3) is 0 Å². The van der Waals surface area contributed by atoms with Crippen molar-refractivity contribution in [2.75, 3.05) is 10.6 Å². The maximum atomic E-state index is 13.0. The van der Waals surface area contributed by atoms with Crippen LogP contribution in [0.4, 0.5) is 10.7 Å². The van der Waals surface area contributed by atoms with Crippen LogP contribution in [0.5, 0.6) is 0 Å². The Kier molecular flexibility index (Phi) is 6.42. The molecule has 0 saturated carbocycles. The molecule has 1 amide bonds. The standard InChI is InChI=1S/C28H28N2OS/c1-18-12-11-17-24(19(18)2)29-26(22-13-7-5-8-14-22)25-20(3)21(4)32-28(25)30-27(31)23-15-9-6-10-16-23/h5-17,26,29H,1-4H3,(H,30,31)/t26-/m0/s1. The van der Waals surface area contributed by atoms with E-state index in [-0.39, 0.29) is 11.9 Å². The first-order valence-electron chi connectivity index (χ1n) is 10.8. The molecule has 162 valence electrons. The Morgan fingerprint density at radius 2 is 1.44 bits per heavy atom. The highest BCUT2D eigenvalue weighted by atomic mass is 32.1. The third-order valence-electron chi connectivity index (χ3n) is 6.02. The highest BCUT2D eigenvalue weighted by molar-refractivity contribution is 7.16. The first kappa shape index (κ1) is 21.8. The summed E-state index contributed by atoms with van der Waals surface area (Å²) < 4.78 is 0. The molecule has 1 atom stereocenters. The van der Waals surface area contributed by atoms with Crippen molar-refractivity contribution >= 4 is 27.9 Å². The van der Waals surface area contributed by atoms with E-state index in [1.54, 1.807) is 11.3 Å². The van der Waals surface area contributed by atoms with Gasteiger partial charge in [-0.15, -0.1) is 11.3 Å². The number of rotatable bonds is 6. The van der Waals surface area contributed by atoms with Gasteiger partial charge in [-0.1, -0.05) is 60.7 Å². The number of benzene rings is 3. The second kappa shape index (κ2) is 9.41. The largest absolute Gasteiger partial charge is 0.374 e. The summed E-state index contributed by atoms with van der Waals surface area (Å²) in [5.74, 6) is -0.0911. The molecule has 4 rings (SSSR count). The van der Waals surface area contributed by atoms with Crippen molar-refractivity contribution in [3.63, 3.8) is 0 Å². The Morgan fingerprint density at radius 1 is 0.781 bits per heavy atom. The van der Waals surface area contributed by atoms with Crippen LogP contribution < -0.4 is 10.6 Å². The van der Waals surface area contributed by atoms with Gasteiger partial charge in [0.25, 0.3) is 5.91 Å². The molecule has 0 saturated heterocycles. The van der Waals surface area contributed by atoms with E-state index in [1.165, 1.54) is 21.6 Å². The van der Waals surface area contributed by atoms with Gasteiger partial charge >= 0.3 is 0 Å². The van der Waals surface area contributed by atoms with Gasteiger partial charge in [0.1, 0.15) is 5.00 Å². The molecule has 0 bridgehead atoms. The second-order valence-corrected chi connectivity index (χ2v) is 9.31. The van der Waals surface area contributed by atoms with Crippen LogP contribution in [0.2, 0.25) is 0 Å². The fourth-order valence-corrected chi connectivity index (χ4v) is 4.97. The summed E-state index contributed by atoms with van der Waals surface area (Å²) in [5, 5.41) is 7.86. The first-order chi connectivity index (χ1) is 15.5. The maximum Gasteiger partial charge on any atom is 0.256 e. The Morgan fingerprint density at radius 3 is 2.12 bits per heavy atom. The molecule has 1 heterocycles. The molecule has 3 aromatic carbocycles. The molecule has 0 spiro atoms. The highest BCUT2D eigenvalue weighted by Gasteiger charge is 2.25. The minimum absolute atomic E-state index is 0.0901. The first-order valence-corrected chi connectivity index (χ1v) is 11.6. The summed E-state index contributed by atoms with van der Waals surface area (Å²) in [6.45, 7) is 8.52. The Bertz CT molecular complexity index is 1230. The van der Waals surface area contributed by atoms with Crippen molar-refractivity contribution in [3.05, 3.63) is 117 Å². The number of thiophene rings is 1. The van der Waals surface area contributed by atoms with Crippen LogP contribution in [0.15, 0.2) is 78.9 Å². The van der Waals surface area contributed by atoms with Gasteiger partial charge in [-0.25, -0.2) is 0 Å². The molecule has 0 radical (unpaired) electrons. The normalized spacial score (nSPS) is 11.8. The molecule has 0 aliphatic carbocycles. The zero-order valence-electron chi connectivity index (χ0n) is 18.9. The minimum Gasteiger partial charge on any atom is -0.374 e. The predicted octanol–water partition coefficient (Wildman–Crippen LogP) is 7.44. The molecule has 3 nitrogen and oxygen atoms in total. The number of carbonyl (C=O) groups is 1. The summed E-state index contributed by atoms with van der Waals surface area (Å²) in [7, 11) is 0. The summed E-state index contributed by atoms with van der Waals surface area (Å²) in [6, 6.07) is 26.0. The molecule has 32 heavy (non-hydrogen) atoms. The third-order valence-corrected chi connectivity index (χ3v) is 7.16. The van der Waals surface area contributed by atoms with Crippen LogP contribution in [0, 0.1) is 27.7 Å². The fraction of sp³-hybridized carbons (Fsp3) is 0.179. The molecule has 0 aliphatic rings. The molecule has 4 aromatic rings. The monoisotopic (exact) mass is 440 g/mol. The number of hydrogen-bond acceptors (Lipinski definition) is 3. The van der Waals surface area contributed by atoms with E-state index in [4.69, 9.17) is 0 Å². The molecule has 2 N–H and O–H groups in total. The van der Waals surface area contributed by atoms with Crippen molar-refractivity contribution < 1.29 is 4.79 Å². The average molecular weight is 441 g/mol. The fourth-order valence-electron chi connectivity index (χ4n) is 3.88. The second-order valence-electron chi connectivity index (χ2n) is 8.08. The Hall–Kier alpha value is -3.37. The van der Waals surface area contributed by atoms with Crippen molar-refractivity contribution in [2.24, 2.45) is 0 Å². The number of amides is 1. The lowest BCUT2D eigenvalue weighted by Gasteiger charge is -2.24. The maximum absolute atomic E-state index is 13.0. The van der Waals surface area contributed by atoms with Gasteiger partial charge in [0.2, 0.25) is 0 Å². The molecule has 4 heteroatoms. The van der Waals surface area contributed by atoms with Gasteiger partial charge in [0.05, 0.1) is 6.04 Å². The van der Waals surface area contributed by atoms with Crippen molar-refractivity contribution in [1.29, 1.82) is 0 Å². The van der Waals surface area contributed by atoms with E-state index in [1.807, 2.05) is 36.4 Å². The highest BCUT2D eigenvalue weighted by Crippen LogP contribution is 2.41. The zero-order chi connectivity index (χ0) is 22.7. The smallest absolute Gasteiger partial charge is 0.256 e. The van der Waals surface area contributed by atoms with Crippen molar-refractivity contribution in [3.8, 4) is 0 Å². The molecular weight excluding hydrogens is 412 g/mol. The van der Waals surface area contributed by atoms with Crippen molar-refractivity contribution in [1.82, 2.24) is 0 Å². The number of hydrogen-bond donors (Lipinski definition) is 2. The molecular formula is C28H28N2OS. The molecule has 0 aliphatic heterocycles. The van der Waals surface area contributed by atoms with Gasteiger partial charge in [-0.05, 0) is 68.1 Å². The van der Waals surface area contributed by atoms with Crippen LogP contribution >= 0.6 is 11.3 Å². The lowest BCUT2D eigenvalue weighted by Crippen LogP contribution is -2.18. The summed E-state index contributed by atoms with van der Waals surface area (Å²) >= 11 is 1.63. The quantitative estimate of drug-likeness (QED) is 0.327. The van der Waals surface area contributed by atoms with Gasteiger partial charge in [-0.2, -0.15) is 0 Å². The van der Waals surface area contributed by atoms with Crippen LogP contribution in [-0.4, -0.2) is 5.91 Å². The SMILES string of the molecule is Cc1cccc(N[C@@H](c2ccccc2)c2c(NC(=O)c3ccccc3)sc(C)c2C)c1C. The van der Waals surface area contributed by atoms with Gasteiger partial charge in [0, 0.05) is 21.7 Å². The number of aryl methyl sites for hydroxylation is 2.